The number of hydrogen-bond donors (Lipinski definition) is 1. The number of benzene rings is 1. The van der Waals surface area contributed by atoms with Gasteiger partial charge in [0.15, 0.2) is 0 Å². The van der Waals surface area contributed by atoms with Crippen LogP contribution in [0.1, 0.15) is 15.2 Å². The van der Waals surface area contributed by atoms with E-state index >= 15 is 0 Å². The van der Waals surface area contributed by atoms with Crippen molar-refractivity contribution in [3.05, 3.63) is 52.2 Å². The molecule has 1 amide bonds. The zero-order valence-electron chi connectivity index (χ0n) is 13.5. The number of rotatable bonds is 5. The predicted molar refractivity (Wildman–Crippen MR) is 96.5 cm³/mol. The molecule has 0 atom stereocenters. The largest absolute Gasteiger partial charge is 0.369 e. The summed E-state index contributed by atoms with van der Waals surface area (Å²) in [5.41, 5.74) is 2.55. The second-order valence-electron chi connectivity index (χ2n) is 5.94. The van der Waals surface area contributed by atoms with Crippen LogP contribution in [0.5, 0.6) is 0 Å². The number of carbonyl (C=O) groups is 1. The number of hydrogen-bond acceptors (Lipinski definition) is 4. The first-order valence-electron chi connectivity index (χ1n) is 8.06. The highest BCUT2D eigenvalue weighted by atomic mass is 32.1. The maximum absolute atomic E-state index is 11.9. The molecule has 1 saturated heterocycles. The Hall–Kier alpha value is -1.85. The third kappa shape index (κ3) is 4.33. The third-order valence-electron chi connectivity index (χ3n) is 4.25. The molecule has 1 aromatic carbocycles. The van der Waals surface area contributed by atoms with Crippen molar-refractivity contribution in [2.75, 3.05) is 44.7 Å². The minimum absolute atomic E-state index is 0.0223. The molecule has 0 bridgehead atoms. The van der Waals surface area contributed by atoms with Crippen LogP contribution in [-0.4, -0.2) is 50.6 Å². The van der Waals surface area contributed by atoms with Crippen molar-refractivity contribution in [2.45, 2.75) is 6.42 Å². The van der Waals surface area contributed by atoms with Crippen LogP contribution in [0.4, 0.5) is 5.69 Å². The van der Waals surface area contributed by atoms with Gasteiger partial charge in [0, 0.05) is 38.4 Å². The number of amides is 1. The summed E-state index contributed by atoms with van der Waals surface area (Å²) in [5.74, 6) is 0.0223. The molecule has 1 aliphatic heterocycles. The number of carbonyl (C=O) groups excluding carboxylic acids is 1. The number of anilines is 1. The molecule has 2 aromatic rings. The van der Waals surface area contributed by atoms with Gasteiger partial charge in [0.2, 0.25) is 0 Å². The second-order valence-corrected chi connectivity index (χ2v) is 6.89. The lowest BCUT2D eigenvalue weighted by molar-refractivity contribution is 0.0958. The summed E-state index contributed by atoms with van der Waals surface area (Å²) < 4.78 is 0. The van der Waals surface area contributed by atoms with Crippen LogP contribution in [0.25, 0.3) is 0 Å². The van der Waals surface area contributed by atoms with Gasteiger partial charge in [0.25, 0.3) is 5.91 Å². The van der Waals surface area contributed by atoms with Crippen molar-refractivity contribution in [3.8, 4) is 0 Å². The molecule has 122 valence electrons. The van der Waals surface area contributed by atoms with E-state index in [1.54, 1.807) is 0 Å². The Morgan fingerprint density at radius 3 is 2.52 bits per heavy atom. The lowest BCUT2D eigenvalue weighted by Crippen LogP contribution is -2.44. The third-order valence-corrected chi connectivity index (χ3v) is 5.12. The zero-order valence-corrected chi connectivity index (χ0v) is 14.3. The van der Waals surface area contributed by atoms with E-state index in [0.29, 0.717) is 6.54 Å². The molecule has 1 fully saturated rings. The SMILES string of the molecule is CN1CCN(c2ccc(CCNC(=O)c3cccs3)cc2)CC1. The van der Waals surface area contributed by atoms with Gasteiger partial charge in [0.05, 0.1) is 4.88 Å². The van der Waals surface area contributed by atoms with Crippen molar-refractivity contribution in [1.82, 2.24) is 10.2 Å². The van der Waals surface area contributed by atoms with Gasteiger partial charge >= 0.3 is 0 Å². The Morgan fingerprint density at radius 1 is 1.13 bits per heavy atom. The van der Waals surface area contributed by atoms with Gasteiger partial charge in [-0.15, -0.1) is 11.3 Å². The Kier molecular flexibility index (Phi) is 5.31. The Labute approximate surface area is 141 Å². The van der Waals surface area contributed by atoms with Crippen molar-refractivity contribution in [1.29, 1.82) is 0 Å². The van der Waals surface area contributed by atoms with Crippen LogP contribution in [0.3, 0.4) is 0 Å². The van der Waals surface area contributed by atoms with E-state index in [4.69, 9.17) is 0 Å². The van der Waals surface area contributed by atoms with Gasteiger partial charge in [-0.05, 0) is 42.6 Å². The van der Waals surface area contributed by atoms with Crippen molar-refractivity contribution >= 4 is 22.9 Å². The summed E-state index contributed by atoms with van der Waals surface area (Å²) in [6, 6.07) is 12.5. The quantitative estimate of drug-likeness (QED) is 0.915. The first kappa shape index (κ1) is 16.0. The predicted octanol–water partition coefficient (Wildman–Crippen LogP) is 2.47. The van der Waals surface area contributed by atoms with E-state index in [1.165, 1.54) is 22.6 Å². The molecule has 1 N–H and O–H groups in total. The molecule has 0 radical (unpaired) electrons. The van der Waals surface area contributed by atoms with Crippen LogP contribution in [0.15, 0.2) is 41.8 Å². The Balaban J connectivity index is 1.47. The maximum Gasteiger partial charge on any atom is 0.261 e. The fourth-order valence-corrected chi connectivity index (χ4v) is 3.39. The standard InChI is InChI=1S/C18H23N3OS/c1-20-10-12-21(13-11-20)16-6-4-15(5-7-16)8-9-19-18(22)17-3-2-14-23-17/h2-7,14H,8-13H2,1H3,(H,19,22). The van der Waals surface area contributed by atoms with Crippen LogP contribution in [-0.2, 0) is 6.42 Å². The molecule has 1 aliphatic rings. The number of nitrogens with one attached hydrogen (secondary N) is 1. The summed E-state index contributed by atoms with van der Waals surface area (Å²) in [6.45, 7) is 5.09. The molecule has 0 aliphatic carbocycles. The van der Waals surface area contributed by atoms with E-state index < -0.39 is 0 Å². The van der Waals surface area contributed by atoms with Crippen molar-refractivity contribution in [2.24, 2.45) is 0 Å². The average Bonchev–Trinajstić information content (AvgIpc) is 3.11. The molecule has 3 rings (SSSR count). The Morgan fingerprint density at radius 2 is 1.87 bits per heavy atom. The van der Waals surface area contributed by atoms with Gasteiger partial charge < -0.3 is 15.1 Å². The summed E-state index contributed by atoms with van der Waals surface area (Å²) in [6.07, 6.45) is 0.861. The van der Waals surface area contributed by atoms with E-state index in [0.717, 1.165) is 37.5 Å². The second kappa shape index (κ2) is 7.62. The van der Waals surface area contributed by atoms with E-state index in [2.05, 4.69) is 46.4 Å². The number of piperazine rings is 1. The summed E-state index contributed by atoms with van der Waals surface area (Å²) in [4.78, 5) is 17.4. The molecule has 4 nitrogen and oxygen atoms in total. The number of likely N-dealkylation sites (N-methyl/N-ethyl adjacent to an activating group) is 1. The number of thiophene rings is 1. The molecule has 23 heavy (non-hydrogen) atoms. The van der Waals surface area contributed by atoms with Crippen molar-refractivity contribution in [3.63, 3.8) is 0 Å². The topological polar surface area (TPSA) is 35.6 Å². The van der Waals surface area contributed by atoms with Gasteiger partial charge in [-0.1, -0.05) is 18.2 Å². The molecule has 0 spiro atoms. The van der Waals surface area contributed by atoms with E-state index in [9.17, 15) is 4.79 Å². The number of nitrogens with zero attached hydrogens (tertiary/aromatic N) is 2. The fourth-order valence-electron chi connectivity index (χ4n) is 2.75. The monoisotopic (exact) mass is 329 g/mol. The Bertz CT molecular complexity index is 616. The van der Waals surface area contributed by atoms with Crippen LogP contribution in [0, 0.1) is 0 Å². The van der Waals surface area contributed by atoms with E-state index in [-0.39, 0.29) is 5.91 Å². The molecule has 0 unspecified atom stereocenters. The maximum atomic E-state index is 11.9. The minimum Gasteiger partial charge on any atom is -0.369 e. The average molecular weight is 329 g/mol. The molecule has 5 heteroatoms. The fraction of sp³-hybridized carbons (Fsp3) is 0.389. The lowest BCUT2D eigenvalue weighted by Gasteiger charge is -2.34. The highest BCUT2D eigenvalue weighted by Crippen LogP contribution is 2.17. The van der Waals surface area contributed by atoms with Crippen molar-refractivity contribution < 1.29 is 4.79 Å². The molecular weight excluding hydrogens is 306 g/mol. The van der Waals surface area contributed by atoms with Gasteiger partial charge in [-0.3, -0.25) is 4.79 Å². The smallest absolute Gasteiger partial charge is 0.261 e. The molecule has 2 heterocycles. The van der Waals surface area contributed by atoms with Gasteiger partial charge in [0.1, 0.15) is 0 Å². The van der Waals surface area contributed by atoms with Crippen LogP contribution < -0.4 is 10.2 Å². The highest BCUT2D eigenvalue weighted by molar-refractivity contribution is 7.12. The van der Waals surface area contributed by atoms with Gasteiger partial charge in [-0.25, -0.2) is 0 Å². The summed E-state index contributed by atoms with van der Waals surface area (Å²) in [7, 11) is 2.17. The highest BCUT2D eigenvalue weighted by Gasteiger charge is 2.13. The first-order valence-corrected chi connectivity index (χ1v) is 8.94. The first-order chi connectivity index (χ1) is 11.2. The normalized spacial score (nSPS) is 15.6. The lowest BCUT2D eigenvalue weighted by atomic mass is 10.1. The van der Waals surface area contributed by atoms with Crippen LogP contribution >= 0.6 is 11.3 Å². The van der Waals surface area contributed by atoms with E-state index in [1.807, 2.05) is 17.5 Å². The minimum atomic E-state index is 0.0223. The molecule has 0 saturated carbocycles. The molecular formula is C18H23N3OS. The van der Waals surface area contributed by atoms with Gasteiger partial charge in [-0.2, -0.15) is 0 Å². The summed E-state index contributed by atoms with van der Waals surface area (Å²) in [5, 5.41) is 4.89. The zero-order chi connectivity index (χ0) is 16.1. The van der Waals surface area contributed by atoms with Crippen LogP contribution in [0.2, 0.25) is 0 Å². The summed E-state index contributed by atoms with van der Waals surface area (Å²) >= 11 is 1.47. The molecule has 1 aromatic heterocycles.